The molecular formula is C24H32N2O5. The van der Waals surface area contributed by atoms with Crippen LogP contribution in [0.5, 0.6) is 17.2 Å². The summed E-state index contributed by atoms with van der Waals surface area (Å²) < 4.78 is 17.2. The molecule has 0 unspecified atom stereocenters. The molecule has 0 bridgehead atoms. The first-order valence-electron chi connectivity index (χ1n) is 10.6. The van der Waals surface area contributed by atoms with E-state index in [0.29, 0.717) is 30.2 Å². The zero-order valence-electron chi connectivity index (χ0n) is 18.7. The van der Waals surface area contributed by atoms with E-state index >= 15 is 0 Å². The number of ether oxygens (including phenoxy) is 3. The quantitative estimate of drug-likeness (QED) is 0.584. The second-order valence-electron chi connectivity index (χ2n) is 7.85. The number of fused-ring (bicyclic) bond motifs is 1. The van der Waals surface area contributed by atoms with Crippen LogP contribution in [0.3, 0.4) is 0 Å². The number of hydrogen-bond acceptors (Lipinski definition) is 7. The Bertz CT molecular complexity index is 888. The van der Waals surface area contributed by atoms with Crippen molar-refractivity contribution in [3.63, 3.8) is 0 Å². The van der Waals surface area contributed by atoms with Gasteiger partial charge < -0.3 is 24.2 Å². The van der Waals surface area contributed by atoms with Gasteiger partial charge in [-0.05, 0) is 51.2 Å². The fourth-order valence-corrected chi connectivity index (χ4v) is 3.80. The van der Waals surface area contributed by atoms with Crippen LogP contribution in [-0.2, 0) is 0 Å². The summed E-state index contributed by atoms with van der Waals surface area (Å²) in [5, 5.41) is 10.5. The molecule has 1 N–H and O–H groups in total. The number of aliphatic hydroxyl groups excluding tert-OH is 1. The minimum absolute atomic E-state index is 0.0205. The number of likely N-dealkylation sites (N-methyl/N-ethyl adjacent to an activating group) is 2. The average molecular weight is 429 g/mol. The van der Waals surface area contributed by atoms with Gasteiger partial charge >= 0.3 is 0 Å². The number of aliphatic hydroxyl groups is 1. The Balaban J connectivity index is 1.51. The Kier molecular flexibility index (Phi) is 7.76. The number of nitrogens with zero attached hydrogens (tertiary/aromatic N) is 2. The molecule has 0 radical (unpaired) electrons. The Morgan fingerprint density at radius 2 is 2.06 bits per heavy atom. The molecule has 7 nitrogen and oxygen atoms in total. The van der Waals surface area contributed by atoms with Crippen LogP contribution in [0.25, 0.3) is 0 Å². The van der Waals surface area contributed by atoms with Gasteiger partial charge in [-0.15, -0.1) is 0 Å². The summed E-state index contributed by atoms with van der Waals surface area (Å²) in [6.07, 6.45) is -0.660. The van der Waals surface area contributed by atoms with Crippen LogP contribution in [0.15, 0.2) is 42.5 Å². The number of hydrogen-bond donors (Lipinski definition) is 1. The minimum Gasteiger partial charge on any atom is -0.493 e. The first-order chi connectivity index (χ1) is 14.9. The highest BCUT2D eigenvalue weighted by Gasteiger charge is 2.26. The fourth-order valence-electron chi connectivity index (χ4n) is 3.80. The predicted molar refractivity (Wildman–Crippen MR) is 121 cm³/mol. The van der Waals surface area contributed by atoms with Gasteiger partial charge in [-0.2, -0.15) is 0 Å². The molecule has 1 aliphatic heterocycles. The van der Waals surface area contributed by atoms with Gasteiger partial charge in [0.05, 0.1) is 19.3 Å². The van der Waals surface area contributed by atoms with E-state index in [1.165, 1.54) is 14.0 Å². The Morgan fingerprint density at radius 1 is 1.29 bits per heavy atom. The van der Waals surface area contributed by atoms with Crippen molar-refractivity contribution in [2.24, 2.45) is 0 Å². The SMILES string of the molecule is CCN1C[C@H](CN(C)C[C@H](O)COc2ccc(C(C)=O)cc2OC)Oc2ccccc21. The molecule has 0 amide bonds. The lowest BCUT2D eigenvalue weighted by atomic mass is 10.1. The van der Waals surface area contributed by atoms with Crippen molar-refractivity contribution in [3.8, 4) is 17.2 Å². The second-order valence-corrected chi connectivity index (χ2v) is 7.85. The Hall–Kier alpha value is -2.77. The highest BCUT2D eigenvalue weighted by atomic mass is 16.5. The number of carbonyl (C=O) groups excluding carboxylic acids is 1. The van der Waals surface area contributed by atoms with Crippen LogP contribution < -0.4 is 19.1 Å². The van der Waals surface area contributed by atoms with Crippen molar-refractivity contribution in [3.05, 3.63) is 48.0 Å². The van der Waals surface area contributed by atoms with E-state index in [9.17, 15) is 9.90 Å². The van der Waals surface area contributed by atoms with Crippen LogP contribution in [0.1, 0.15) is 24.2 Å². The van der Waals surface area contributed by atoms with Crippen LogP contribution >= 0.6 is 0 Å². The summed E-state index contributed by atoms with van der Waals surface area (Å²) >= 11 is 0. The number of rotatable bonds is 10. The lowest BCUT2D eigenvalue weighted by Crippen LogP contribution is -2.47. The number of methoxy groups -OCH3 is 1. The molecule has 2 aromatic carbocycles. The number of carbonyl (C=O) groups is 1. The van der Waals surface area contributed by atoms with Gasteiger partial charge in [0.25, 0.3) is 0 Å². The van der Waals surface area contributed by atoms with E-state index in [1.807, 2.05) is 25.2 Å². The minimum atomic E-state index is -0.680. The number of para-hydroxylation sites is 2. The predicted octanol–water partition coefficient (Wildman–Crippen LogP) is 2.86. The monoisotopic (exact) mass is 428 g/mol. The molecule has 3 rings (SSSR count). The average Bonchev–Trinajstić information content (AvgIpc) is 2.76. The van der Waals surface area contributed by atoms with Crippen molar-refractivity contribution in [1.29, 1.82) is 0 Å². The highest BCUT2D eigenvalue weighted by Crippen LogP contribution is 2.33. The molecule has 1 aliphatic rings. The molecule has 0 saturated carbocycles. The third-order valence-corrected chi connectivity index (χ3v) is 5.34. The molecular weight excluding hydrogens is 396 g/mol. The smallest absolute Gasteiger partial charge is 0.161 e. The molecule has 1 heterocycles. The summed E-state index contributed by atoms with van der Waals surface area (Å²) in [4.78, 5) is 15.9. The summed E-state index contributed by atoms with van der Waals surface area (Å²) in [6.45, 7) is 6.63. The molecule has 2 aromatic rings. The number of benzene rings is 2. The topological polar surface area (TPSA) is 71.5 Å². The molecule has 0 spiro atoms. The third kappa shape index (κ3) is 5.89. The molecule has 168 valence electrons. The van der Waals surface area contributed by atoms with Gasteiger partial charge in [-0.1, -0.05) is 12.1 Å². The Labute approximate surface area is 184 Å². The number of Topliss-reactive ketones (excluding diaryl/α,β-unsaturated/α-hetero) is 1. The van der Waals surface area contributed by atoms with Crippen molar-refractivity contribution < 1.29 is 24.1 Å². The molecule has 0 aliphatic carbocycles. The van der Waals surface area contributed by atoms with Gasteiger partial charge in [0.1, 0.15) is 24.6 Å². The van der Waals surface area contributed by atoms with Crippen LogP contribution in [0.4, 0.5) is 5.69 Å². The highest BCUT2D eigenvalue weighted by molar-refractivity contribution is 5.94. The molecule has 31 heavy (non-hydrogen) atoms. The Morgan fingerprint density at radius 3 is 2.77 bits per heavy atom. The molecule has 2 atom stereocenters. The first kappa shape index (κ1) is 22.9. The third-order valence-electron chi connectivity index (χ3n) is 5.34. The molecule has 0 saturated heterocycles. The molecule has 0 aromatic heterocycles. The molecule has 0 fully saturated rings. The van der Waals surface area contributed by atoms with E-state index in [1.54, 1.807) is 18.2 Å². The van der Waals surface area contributed by atoms with Gasteiger partial charge in [-0.3, -0.25) is 9.69 Å². The van der Waals surface area contributed by atoms with E-state index < -0.39 is 6.10 Å². The zero-order valence-corrected chi connectivity index (χ0v) is 18.7. The first-order valence-corrected chi connectivity index (χ1v) is 10.6. The summed E-state index contributed by atoms with van der Waals surface area (Å²) in [6, 6.07) is 13.1. The summed E-state index contributed by atoms with van der Waals surface area (Å²) in [7, 11) is 3.49. The number of anilines is 1. The van der Waals surface area contributed by atoms with E-state index in [2.05, 4.69) is 22.8 Å². The maximum absolute atomic E-state index is 11.5. The van der Waals surface area contributed by atoms with Gasteiger partial charge in [0, 0.05) is 25.2 Å². The summed E-state index contributed by atoms with van der Waals surface area (Å²) in [5.41, 5.74) is 1.68. The van der Waals surface area contributed by atoms with Crippen molar-refractivity contribution in [2.75, 3.05) is 51.8 Å². The maximum atomic E-state index is 11.5. The normalized spacial score (nSPS) is 16.5. The molecule has 7 heteroatoms. The van der Waals surface area contributed by atoms with Crippen molar-refractivity contribution in [2.45, 2.75) is 26.1 Å². The van der Waals surface area contributed by atoms with E-state index in [0.717, 1.165) is 24.5 Å². The number of ketones is 1. The standard InChI is InChI=1S/C24H32N2O5/c1-5-26-15-20(31-22-9-7-6-8-21(22)26)14-25(3)13-19(28)16-30-23-11-10-18(17(2)27)12-24(23)29-4/h6-12,19-20,28H,5,13-16H2,1-4H3/t19-,20-/m0/s1. The summed E-state index contributed by atoms with van der Waals surface area (Å²) in [5.74, 6) is 1.84. The lowest BCUT2D eigenvalue weighted by molar-refractivity contribution is 0.0598. The lowest BCUT2D eigenvalue weighted by Gasteiger charge is -2.37. The van der Waals surface area contributed by atoms with Crippen molar-refractivity contribution in [1.82, 2.24) is 4.90 Å². The fraction of sp³-hybridized carbons (Fsp3) is 0.458. The second kappa shape index (κ2) is 10.5. The van der Waals surface area contributed by atoms with Gasteiger partial charge in [0.15, 0.2) is 17.3 Å². The zero-order chi connectivity index (χ0) is 22.4. The van der Waals surface area contributed by atoms with Crippen LogP contribution in [-0.4, -0.2) is 74.9 Å². The van der Waals surface area contributed by atoms with Gasteiger partial charge in [-0.25, -0.2) is 0 Å². The largest absolute Gasteiger partial charge is 0.493 e. The van der Waals surface area contributed by atoms with E-state index in [-0.39, 0.29) is 18.5 Å². The maximum Gasteiger partial charge on any atom is 0.161 e. The van der Waals surface area contributed by atoms with Crippen LogP contribution in [0, 0.1) is 0 Å². The van der Waals surface area contributed by atoms with Crippen molar-refractivity contribution >= 4 is 11.5 Å². The van der Waals surface area contributed by atoms with Crippen LogP contribution in [0.2, 0.25) is 0 Å². The van der Waals surface area contributed by atoms with Gasteiger partial charge in [0.2, 0.25) is 0 Å². The van der Waals surface area contributed by atoms with E-state index in [4.69, 9.17) is 14.2 Å².